The van der Waals surface area contributed by atoms with Crippen LogP contribution in [0.2, 0.25) is 0 Å². The molecule has 2 N–H and O–H groups in total. The van der Waals surface area contributed by atoms with Crippen molar-refractivity contribution in [3.8, 4) is 11.4 Å². The van der Waals surface area contributed by atoms with Gasteiger partial charge in [0.1, 0.15) is 5.75 Å². The maximum absolute atomic E-state index is 12.7. The van der Waals surface area contributed by atoms with Crippen LogP contribution in [0.15, 0.2) is 73.8 Å². The first kappa shape index (κ1) is 18.6. The highest BCUT2D eigenvalue weighted by molar-refractivity contribution is 6.25. The zero-order valence-electron chi connectivity index (χ0n) is 15.9. The number of hydrazine groups is 1. The molecule has 3 aromatic rings. The summed E-state index contributed by atoms with van der Waals surface area (Å²) in [5.74, 6) is 6.61. The third-order valence-corrected chi connectivity index (χ3v) is 4.73. The molecule has 0 radical (unpaired) electrons. The molecule has 7 nitrogen and oxygen atoms in total. The Hall–Kier alpha value is -3.71. The highest BCUT2D eigenvalue weighted by Crippen LogP contribution is 2.28. The molecule has 0 saturated carbocycles. The quantitative estimate of drug-likeness (QED) is 0.397. The number of ether oxygens (including phenoxy) is 1. The zero-order valence-corrected chi connectivity index (χ0v) is 15.9. The van der Waals surface area contributed by atoms with E-state index in [0.717, 1.165) is 42.1 Å². The zero-order chi connectivity index (χ0) is 20.2. The summed E-state index contributed by atoms with van der Waals surface area (Å²) in [5.41, 5.74) is 3.68. The molecule has 146 valence electrons. The Labute approximate surface area is 168 Å². The van der Waals surface area contributed by atoms with Crippen molar-refractivity contribution >= 4 is 17.0 Å². The molecule has 0 saturated heterocycles. The second-order valence-corrected chi connectivity index (χ2v) is 6.64. The van der Waals surface area contributed by atoms with E-state index in [0.29, 0.717) is 11.3 Å². The largest absolute Gasteiger partial charge is 0.493 e. The summed E-state index contributed by atoms with van der Waals surface area (Å²) in [5, 5.41) is 5.73. The maximum Gasteiger partial charge on any atom is 0.188 e. The van der Waals surface area contributed by atoms with E-state index in [1.165, 1.54) is 17.3 Å². The number of carbonyl (C=O) groups is 1. The molecular formula is C22H21N5O2. The molecule has 0 bridgehead atoms. The summed E-state index contributed by atoms with van der Waals surface area (Å²) in [6, 6.07) is 11.2. The molecule has 1 aromatic carbocycles. The van der Waals surface area contributed by atoms with Crippen LogP contribution >= 0.6 is 0 Å². The van der Waals surface area contributed by atoms with Crippen molar-refractivity contribution in [1.82, 2.24) is 14.8 Å². The molecule has 0 amide bonds. The summed E-state index contributed by atoms with van der Waals surface area (Å²) >= 11 is 0. The SMILES string of the molecule is C=C(C(=O)/C=C\N(N)c1ccncc1)c1ccnn1-c1ccc2c(c1)CCCO2. The Bertz CT molecular complexity index is 1070. The van der Waals surface area contributed by atoms with Crippen LogP contribution in [-0.2, 0) is 11.2 Å². The van der Waals surface area contributed by atoms with Crippen molar-refractivity contribution < 1.29 is 9.53 Å². The summed E-state index contributed by atoms with van der Waals surface area (Å²) in [4.78, 5) is 16.6. The van der Waals surface area contributed by atoms with Gasteiger partial charge in [-0.25, -0.2) is 10.5 Å². The van der Waals surface area contributed by atoms with Gasteiger partial charge in [0.25, 0.3) is 0 Å². The fraction of sp³-hybridized carbons (Fsp3) is 0.136. The normalized spacial score (nSPS) is 13.0. The van der Waals surface area contributed by atoms with Crippen LogP contribution in [0.1, 0.15) is 17.7 Å². The van der Waals surface area contributed by atoms with E-state index in [2.05, 4.69) is 16.7 Å². The molecule has 0 aliphatic carbocycles. The molecule has 7 heteroatoms. The van der Waals surface area contributed by atoms with Crippen molar-refractivity contribution in [2.45, 2.75) is 12.8 Å². The van der Waals surface area contributed by atoms with Gasteiger partial charge < -0.3 is 4.74 Å². The average Bonchev–Trinajstić information content (AvgIpc) is 3.27. The Kier molecular flexibility index (Phi) is 5.22. The van der Waals surface area contributed by atoms with E-state index < -0.39 is 0 Å². The number of pyridine rings is 1. The van der Waals surface area contributed by atoms with Crippen molar-refractivity contribution in [3.63, 3.8) is 0 Å². The number of allylic oxidation sites excluding steroid dienone is 2. The van der Waals surface area contributed by atoms with Crippen molar-refractivity contribution in [2.75, 3.05) is 11.6 Å². The number of nitrogens with zero attached hydrogens (tertiary/aromatic N) is 4. The number of hydrogen-bond acceptors (Lipinski definition) is 6. The highest BCUT2D eigenvalue weighted by Gasteiger charge is 2.16. The molecule has 2 aromatic heterocycles. The minimum atomic E-state index is -0.252. The minimum absolute atomic E-state index is 0.252. The highest BCUT2D eigenvalue weighted by atomic mass is 16.5. The monoisotopic (exact) mass is 387 g/mol. The molecule has 0 unspecified atom stereocenters. The molecule has 1 aliphatic heterocycles. The summed E-state index contributed by atoms with van der Waals surface area (Å²) < 4.78 is 7.39. The molecule has 0 spiro atoms. The van der Waals surface area contributed by atoms with Crippen LogP contribution in [0, 0.1) is 0 Å². The van der Waals surface area contributed by atoms with Crippen LogP contribution < -0.4 is 15.6 Å². The number of nitrogens with two attached hydrogens (primary N) is 1. The van der Waals surface area contributed by atoms with Gasteiger partial charge in [0, 0.05) is 30.2 Å². The van der Waals surface area contributed by atoms with Crippen molar-refractivity contribution in [2.24, 2.45) is 5.84 Å². The second-order valence-electron chi connectivity index (χ2n) is 6.64. The van der Waals surface area contributed by atoms with E-state index >= 15 is 0 Å². The second kappa shape index (κ2) is 8.12. The lowest BCUT2D eigenvalue weighted by Crippen LogP contribution is -2.24. The minimum Gasteiger partial charge on any atom is -0.493 e. The lowest BCUT2D eigenvalue weighted by Gasteiger charge is -2.18. The van der Waals surface area contributed by atoms with E-state index in [1.54, 1.807) is 41.5 Å². The number of aryl methyl sites for hydroxylation is 1. The number of fused-ring (bicyclic) bond motifs is 1. The summed E-state index contributed by atoms with van der Waals surface area (Å²) in [6.07, 6.45) is 9.76. The van der Waals surface area contributed by atoms with Crippen molar-refractivity contribution in [1.29, 1.82) is 0 Å². The van der Waals surface area contributed by atoms with Crippen LogP contribution in [-0.4, -0.2) is 27.2 Å². The van der Waals surface area contributed by atoms with Crippen LogP contribution in [0.5, 0.6) is 5.75 Å². The molecule has 1 aliphatic rings. The van der Waals surface area contributed by atoms with Gasteiger partial charge in [-0.15, -0.1) is 0 Å². The van der Waals surface area contributed by atoms with Gasteiger partial charge in [-0.3, -0.25) is 14.8 Å². The molecule has 3 heterocycles. The van der Waals surface area contributed by atoms with E-state index in [-0.39, 0.29) is 5.78 Å². The van der Waals surface area contributed by atoms with Crippen LogP contribution in [0.3, 0.4) is 0 Å². The number of carbonyl (C=O) groups excluding carboxylic acids is 1. The standard InChI is InChI=1S/C22H21N5O2/c1-16(21(28)9-13-26(23)18-6-10-24-11-7-18)20-8-12-25-27(20)19-4-5-22-17(15-19)3-2-14-29-22/h4-13,15H,1-3,14,23H2/b13-9-. The van der Waals surface area contributed by atoms with E-state index in [9.17, 15) is 4.79 Å². The average molecular weight is 387 g/mol. The summed E-state index contributed by atoms with van der Waals surface area (Å²) in [6.45, 7) is 4.71. The first-order valence-electron chi connectivity index (χ1n) is 9.29. The predicted octanol–water partition coefficient (Wildman–Crippen LogP) is 3.07. The summed E-state index contributed by atoms with van der Waals surface area (Å²) in [7, 11) is 0. The Balaban J connectivity index is 1.54. The first-order chi connectivity index (χ1) is 14.1. The van der Waals surface area contributed by atoms with E-state index in [1.807, 2.05) is 18.2 Å². The number of benzene rings is 1. The van der Waals surface area contributed by atoms with Gasteiger partial charge in [0.05, 0.1) is 29.9 Å². The Morgan fingerprint density at radius 2 is 2.03 bits per heavy atom. The topological polar surface area (TPSA) is 86.3 Å². The van der Waals surface area contributed by atoms with Crippen LogP contribution in [0.4, 0.5) is 5.69 Å². The number of hydrogen-bond donors (Lipinski definition) is 1. The van der Waals surface area contributed by atoms with Gasteiger partial charge in [-0.1, -0.05) is 6.58 Å². The molecule has 29 heavy (non-hydrogen) atoms. The van der Waals surface area contributed by atoms with Gasteiger partial charge in [0.15, 0.2) is 5.78 Å². The molecule has 0 atom stereocenters. The maximum atomic E-state index is 12.7. The fourth-order valence-corrected chi connectivity index (χ4v) is 3.19. The lowest BCUT2D eigenvalue weighted by molar-refractivity contribution is -0.109. The molecular weight excluding hydrogens is 366 g/mol. The smallest absolute Gasteiger partial charge is 0.188 e. The van der Waals surface area contributed by atoms with E-state index in [4.69, 9.17) is 10.6 Å². The lowest BCUT2D eigenvalue weighted by atomic mass is 10.1. The molecule has 0 fully saturated rings. The first-order valence-corrected chi connectivity index (χ1v) is 9.29. The number of rotatable bonds is 6. The van der Waals surface area contributed by atoms with Gasteiger partial charge in [-0.2, -0.15) is 5.10 Å². The fourth-order valence-electron chi connectivity index (χ4n) is 3.19. The van der Waals surface area contributed by atoms with Gasteiger partial charge >= 0.3 is 0 Å². The van der Waals surface area contributed by atoms with Crippen molar-refractivity contribution in [3.05, 3.63) is 85.1 Å². The van der Waals surface area contributed by atoms with Crippen LogP contribution in [0.25, 0.3) is 11.3 Å². The van der Waals surface area contributed by atoms with Gasteiger partial charge in [0.2, 0.25) is 0 Å². The number of anilines is 1. The Morgan fingerprint density at radius 3 is 2.86 bits per heavy atom. The molecule has 4 rings (SSSR count). The number of ketones is 1. The third kappa shape index (κ3) is 3.95. The number of aromatic nitrogens is 3. The third-order valence-electron chi connectivity index (χ3n) is 4.73. The Morgan fingerprint density at radius 1 is 1.21 bits per heavy atom. The predicted molar refractivity (Wildman–Crippen MR) is 111 cm³/mol. The van der Waals surface area contributed by atoms with Gasteiger partial charge in [-0.05, 0) is 54.8 Å².